The van der Waals surface area contributed by atoms with Gasteiger partial charge in [0.1, 0.15) is 0 Å². The van der Waals surface area contributed by atoms with Crippen LogP contribution in [-0.4, -0.2) is 30.4 Å². The van der Waals surface area contributed by atoms with Gasteiger partial charge in [0, 0.05) is 11.1 Å². The smallest absolute Gasteiger partial charge is 0.328 e. The van der Waals surface area contributed by atoms with E-state index < -0.39 is 24.4 Å². The first kappa shape index (κ1) is 18.1. The van der Waals surface area contributed by atoms with Crippen LogP contribution in [-0.2, 0) is 27.9 Å². The van der Waals surface area contributed by atoms with Crippen LogP contribution in [0.3, 0.4) is 0 Å². The van der Waals surface area contributed by atoms with E-state index in [0.29, 0.717) is 0 Å². The molecule has 0 fully saturated rings. The molecule has 104 valence electrons. The lowest BCUT2D eigenvalue weighted by Gasteiger charge is -2.48. The Morgan fingerprint density at radius 1 is 0.882 bits per heavy atom. The van der Waals surface area contributed by atoms with E-state index in [4.69, 9.17) is 25.9 Å². The van der Waals surface area contributed by atoms with Gasteiger partial charge in [0.15, 0.2) is 0 Å². The Bertz CT molecular complexity index is 355. The van der Waals surface area contributed by atoms with E-state index in [1.807, 2.05) is 41.5 Å². The van der Waals surface area contributed by atoms with Crippen molar-refractivity contribution < 1.29 is 19.0 Å². The van der Waals surface area contributed by atoms with Crippen molar-refractivity contribution in [3.8, 4) is 0 Å². The molecule has 0 aromatic heterocycles. The second-order valence-electron chi connectivity index (χ2n) is 5.72. The molecule has 3 N–H and O–H groups in total. The van der Waals surface area contributed by atoms with Gasteiger partial charge >= 0.3 is 6.72 Å². The van der Waals surface area contributed by atoms with Gasteiger partial charge in [0.25, 0.3) is 6.64 Å². The van der Waals surface area contributed by atoms with E-state index in [0.717, 1.165) is 0 Å². The Balaban J connectivity index is 5.50. The minimum atomic E-state index is -3.99. The van der Waals surface area contributed by atoms with Crippen LogP contribution in [0.4, 0.5) is 0 Å². The standard InChI is InChI=1S/C8H21NO4P2S2/c1-7(2,3)9(8(4,5)6)14(10,16)13-15(11,12)17/h1-6H3,(H,10,16)(H2,11,12,17). The van der Waals surface area contributed by atoms with Crippen LogP contribution < -0.4 is 0 Å². The molecule has 1 unspecified atom stereocenters. The van der Waals surface area contributed by atoms with Crippen LogP contribution in [0.1, 0.15) is 41.5 Å². The van der Waals surface area contributed by atoms with Crippen LogP contribution in [0.5, 0.6) is 0 Å². The molecule has 0 aromatic rings. The number of rotatable bonds is 3. The summed E-state index contributed by atoms with van der Waals surface area (Å²) in [6.07, 6.45) is 0. The van der Waals surface area contributed by atoms with Crippen LogP contribution in [0.15, 0.2) is 0 Å². The Morgan fingerprint density at radius 3 is 1.35 bits per heavy atom. The Labute approximate surface area is 113 Å². The zero-order valence-electron chi connectivity index (χ0n) is 10.9. The van der Waals surface area contributed by atoms with Crippen molar-refractivity contribution in [3.05, 3.63) is 0 Å². The van der Waals surface area contributed by atoms with Crippen molar-refractivity contribution in [3.63, 3.8) is 0 Å². The normalized spacial score (nSPS) is 18.2. The highest BCUT2D eigenvalue weighted by Gasteiger charge is 2.43. The van der Waals surface area contributed by atoms with Gasteiger partial charge in [-0.1, -0.05) is 0 Å². The molecule has 0 aromatic carbocycles. The number of hydrogen-bond acceptors (Lipinski definition) is 3. The van der Waals surface area contributed by atoms with Gasteiger partial charge in [-0.25, -0.2) is 8.98 Å². The first-order valence-electron chi connectivity index (χ1n) is 4.98. The fourth-order valence-corrected chi connectivity index (χ4v) is 8.38. The minimum absolute atomic E-state index is 0.493. The maximum Gasteiger partial charge on any atom is 0.328 e. The fourth-order valence-electron chi connectivity index (χ4n) is 1.94. The molecule has 0 rings (SSSR count). The van der Waals surface area contributed by atoms with Crippen LogP contribution in [0.2, 0.25) is 0 Å². The summed E-state index contributed by atoms with van der Waals surface area (Å²) in [7, 11) is 0. The molecular formula is C8H21NO4P2S2. The summed E-state index contributed by atoms with van der Waals surface area (Å²) >= 11 is 9.39. The van der Waals surface area contributed by atoms with Gasteiger partial charge in [-0.15, -0.1) is 0 Å². The van der Waals surface area contributed by atoms with Gasteiger partial charge < -0.3 is 14.7 Å². The molecule has 0 saturated carbocycles. The summed E-state index contributed by atoms with van der Waals surface area (Å²) in [5, 5.41) is 0. The van der Waals surface area contributed by atoms with E-state index in [2.05, 4.69) is 11.8 Å². The molecule has 9 heteroatoms. The average Bonchev–Trinajstić information content (AvgIpc) is 1.66. The average molecular weight is 321 g/mol. The molecule has 0 spiro atoms. The van der Waals surface area contributed by atoms with Gasteiger partial charge in [0.05, 0.1) is 0 Å². The molecule has 0 heterocycles. The molecule has 0 saturated heterocycles. The molecule has 1 atom stereocenters. The van der Waals surface area contributed by atoms with E-state index >= 15 is 0 Å². The van der Waals surface area contributed by atoms with E-state index in [1.54, 1.807) is 4.67 Å². The van der Waals surface area contributed by atoms with Crippen molar-refractivity contribution in [2.45, 2.75) is 52.6 Å². The topological polar surface area (TPSA) is 73.2 Å². The first-order valence-corrected chi connectivity index (χ1v) is 10.2. The SMILES string of the molecule is CC(C)(C)N(C(C)(C)C)P(O)(=S)OP(O)(O)=S. The highest BCUT2D eigenvalue weighted by Crippen LogP contribution is 2.63. The Kier molecular flexibility index (Phi) is 5.57. The summed E-state index contributed by atoms with van der Waals surface area (Å²) in [5.41, 5.74) is -0.986. The predicted octanol–water partition coefficient (Wildman–Crippen LogP) is 2.33. The van der Waals surface area contributed by atoms with Crippen molar-refractivity contribution in [1.82, 2.24) is 4.67 Å². The molecule has 0 amide bonds. The van der Waals surface area contributed by atoms with Crippen molar-refractivity contribution >= 4 is 37.0 Å². The molecule has 5 nitrogen and oxygen atoms in total. The third kappa shape index (κ3) is 6.19. The Morgan fingerprint density at radius 2 is 1.18 bits per heavy atom. The molecule has 0 bridgehead atoms. The zero-order chi connectivity index (χ0) is 14.3. The molecule has 0 aliphatic rings. The van der Waals surface area contributed by atoms with Gasteiger partial charge in [-0.2, -0.15) is 0 Å². The quantitative estimate of drug-likeness (QED) is 0.689. The molecule has 17 heavy (non-hydrogen) atoms. The Hall–Kier alpha value is 1.10. The van der Waals surface area contributed by atoms with Gasteiger partial charge in [-0.3, -0.25) is 0 Å². The minimum Gasteiger partial charge on any atom is -0.333 e. The molecular weight excluding hydrogens is 300 g/mol. The molecule has 0 aliphatic carbocycles. The predicted molar refractivity (Wildman–Crippen MR) is 77.7 cm³/mol. The van der Waals surface area contributed by atoms with Gasteiger partial charge in [-0.05, 0) is 65.2 Å². The lowest BCUT2D eigenvalue weighted by atomic mass is 10.0. The molecule has 0 aliphatic heterocycles. The highest BCUT2D eigenvalue weighted by atomic mass is 32.5. The monoisotopic (exact) mass is 321 g/mol. The van der Waals surface area contributed by atoms with E-state index in [1.165, 1.54) is 0 Å². The van der Waals surface area contributed by atoms with Crippen LogP contribution in [0.25, 0.3) is 0 Å². The summed E-state index contributed by atoms with van der Waals surface area (Å²) in [4.78, 5) is 28.6. The lowest BCUT2D eigenvalue weighted by molar-refractivity contribution is 0.117. The number of nitrogens with zero attached hydrogens (tertiary/aromatic N) is 1. The van der Waals surface area contributed by atoms with E-state index in [-0.39, 0.29) is 0 Å². The second kappa shape index (κ2) is 5.23. The van der Waals surface area contributed by atoms with Crippen molar-refractivity contribution in [1.29, 1.82) is 0 Å². The van der Waals surface area contributed by atoms with E-state index in [9.17, 15) is 4.89 Å². The zero-order valence-corrected chi connectivity index (χ0v) is 14.3. The van der Waals surface area contributed by atoms with Crippen LogP contribution in [0, 0.1) is 0 Å². The summed E-state index contributed by atoms with van der Waals surface area (Å²) in [6, 6.07) is 0. The number of hydrogen-bond donors (Lipinski definition) is 3. The maximum atomic E-state index is 10.3. The highest BCUT2D eigenvalue weighted by molar-refractivity contribution is 8.14. The maximum absolute atomic E-state index is 10.3. The van der Waals surface area contributed by atoms with Crippen molar-refractivity contribution in [2.75, 3.05) is 0 Å². The molecule has 0 radical (unpaired) electrons. The summed E-state index contributed by atoms with van der Waals surface area (Å²) in [5.74, 6) is 0. The summed E-state index contributed by atoms with van der Waals surface area (Å²) < 4.78 is 6.35. The van der Waals surface area contributed by atoms with Gasteiger partial charge in [0.2, 0.25) is 0 Å². The lowest BCUT2D eigenvalue weighted by Crippen LogP contribution is -2.50. The third-order valence-electron chi connectivity index (χ3n) is 1.74. The van der Waals surface area contributed by atoms with Crippen molar-refractivity contribution in [2.24, 2.45) is 0 Å². The first-order chi connectivity index (χ1) is 7.07. The van der Waals surface area contributed by atoms with Crippen LogP contribution >= 0.6 is 13.4 Å². The fraction of sp³-hybridized carbons (Fsp3) is 1.00. The summed E-state index contributed by atoms with van der Waals surface area (Å²) in [6.45, 7) is 3.60. The largest absolute Gasteiger partial charge is 0.333 e. The second-order valence-corrected chi connectivity index (χ2v) is 11.6. The third-order valence-corrected chi connectivity index (χ3v) is 6.83.